The third kappa shape index (κ3) is 2.27. The van der Waals surface area contributed by atoms with Gasteiger partial charge in [0.1, 0.15) is 11.6 Å². The summed E-state index contributed by atoms with van der Waals surface area (Å²) in [5, 5.41) is 0. The Balaban J connectivity index is 1.57. The maximum Gasteiger partial charge on any atom is 0.132 e. The van der Waals surface area contributed by atoms with E-state index in [0.29, 0.717) is 29.0 Å². The molecule has 2 saturated carbocycles. The van der Waals surface area contributed by atoms with E-state index in [4.69, 9.17) is 0 Å². The molecule has 3 rings (SSSR count). The van der Waals surface area contributed by atoms with E-state index in [-0.39, 0.29) is 0 Å². The Morgan fingerprint density at radius 2 is 1.90 bits per heavy atom. The molecule has 0 aromatic carbocycles. The standard InChI is InChI=1S/C17H24N2O/c1-4-11(2)16-18-9-15(10-19-16)14-7-17(8-14)5-13(6-17)12(3)20/h9-11,13-14H,4-8H2,1-3H3/t11?,13-,14-,17?. The summed E-state index contributed by atoms with van der Waals surface area (Å²) in [5.74, 6) is 2.75. The van der Waals surface area contributed by atoms with Gasteiger partial charge in [-0.2, -0.15) is 0 Å². The highest BCUT2D eigenvalue weighted by Crippen LogP contribution is 2.63. The molecule has 0 N–H and O–H groups in total. The number of hydrogen-bond acceptors (Lipinski definition) is 3. The van der Waals surface area contributed by atoms with Crippen molar-refractivity contribution in [3.05, 3.63) is 23.8 Å². The van der Waals surface area contributed by atoms with Gasteiger partial charge in [-0.05, 0) is 55.9 Å². The first-order chi connectivity index (χ1) is 9.53. The van der Waals surface area contributed by atoms with Crippen molar-refractivity contribution in [2.24, 2.45) is 11.3 Å². The van der Waals surface area contributed by atoms with Gasteiger partial charge in [0.15, 0.2) is 0 Å². The molecule has 1 atom stereocenters. The molecule has 0 saturated heterocycles. The zero-order chi connectivity index (χ0) is 14.3. The van der Waals surface area contributed by atoms with Crippen molar-refractivity contribution >= 4 is 5.78 Å². The molecule has 1 spiro atoms. The lowest BCUT2D eigenvalue weighted by Gasteiger charge is -2.57. The normalized spacial score (nSPS) is 33.4. The molecule has 2 aliphatic carbocycles. The SMILES string of the molecule is CCC(C)c1ncc([C@H]2CC3(C[C@H](C(C)=O)C3)C2)cn1. The first kappa shape index (κ1) is 13.7. The minimum atomic E-state index is 0.347. The number of hydrogen-bond donors (Lipinski definition) is 0. The third-order valence-corrected chi connectivity index (χ3v) is 5.51. The summed E-state index contributed by atoms with van der Waals surface area (Å²) in [5.41, 5.74) is 1.77. The number of nitrogens with zero attached hydrogens (tertiary/aromatic N) is 2. The predicted molar refractivity (Wildman–Crippen MR) is 78.6 cm³/mol. The van der Waals surface area contributed by atoms with Crippen molar-refractivity contribution in [2.45, 2.75) is 64.7 Å². The number of ketones is 1. The summed E-state index contributed by atoms with van der Waals surface area (Å²) in [6.45, 7) is 6.07. The number of aromatic nitrogens is 2. The summed E-state index contributed by atoms with van der Waals surface area (Å²) >= 11 is 0. The van der Waals surface area contributed by atoms with Crippen LogP contribution in [0.4, 0.5) is 0 Å². The Kier molecular flexibility index (Phi) is 3.39. The van der Waals surface area contributed by atoms with Crippen LogP contribution >= 0.6 is 0 Å². The molecule has 1 unspecified atom stereocenters. The molecule has 20 heavy (non-hydrogen) atoms. The quantitative estimate of drug-likeness (QED) is 0.836. The largest absolute Gasteiger partial charge is 0.300 e. The maximum absolute atomic E-state index is 11.3. The Morgan fingerprint density at radius 3 is 2.40 bits per heavy atom. The lowest BCUT2D eigenvalue weighted by atomic mass is 9.47. The van der Waals surface area contributed by atoms with E-state index in [1.807, 2.05) is 12.4 Å². The molecule has 0 amide bonds. The van der Waals surface area contributed by atoms with Gasteiger partial charge in [0.25, 0.3) is 0 Å². The minimum absolute atomic E-state index is 0.347. The van der Waals surface area contributed by atoms with E-state index in [2.05, 4.69) is 23.8 Å². The van der Waals surface area contributed by atoms with Gasteiger partial charge in [-0.3, -0.25) is 4.79 Å². The Morgan fingerprint density at radius 1 is 1.30 bits per heavy atom. The number of rotatable bonds is 4. The minimum Gasteiger partial charge on any atom is -0.300 e. The molecule has 0 bridgehead atoms. The van der Waals surface area contributed by atoms with Crippen molar-refractivity contribution in [1.29, 1.82) is 0 Å². The van der Waals surface area contributed by atoms with E-state index in [1.54, 1.807) is 6.92 Å². The van der Waals surface area contributed by atoms with Crippen LogP contribution in [-0.2, 0) is 4.79 Å². The van der Waals surface area contributed by atoms with Gasteiger partial charge in [0.05, 0.1) is 0 Å². The van der Waals surface area contributed by atoms with Crippen LogP contribution in [0.25, 0.3) is 0 Å². The molecule has 1 aromatic heterocycles. The summed E-state index contributed by atoms with van der Waals surface area (Å²) in [4.78, 5) is 20.4. The van der Waals surface area contributed by atoms with Crippen molar-refractivity contribution < 1.29 is 4.79 Å². The van der Waals surface area contributed by atoms with Crippen LogP contribution in [0, 0.1) is 11.3 Å². The maximum atomic E-state index is 11.3. The van der Waals surface area contributed by atoms with Gasteiger partial charge in [0, 0.05) is 24.2 Å². The zero-order valence-electron chi connectivity index (χ0n) is 12.7. The number of carbonyl (C=O) groups is 1. The Labute approximate surface area is 121 Å². The fourth-order valence-corrected chi connectivity index (χ4v) is 3.82. The van der Waals surface area contributed by atoms with Gasteiger partial charge in [-0.25, -0.2) is 9.97 Å². The van der Waals surface area contributed by atoms with Crippen molar-refractivity contribution in [3.63, 3.8) is 0 Å². The Hall–Kier alpha value is -1.25. The van der Waals surface area contributed by atoms with Crippen molar-refractivity contribution in [3.8, 4) is 0 Å². The first-order valence-corrected chi connectivity index (χ1v) is 7.85. The monoisotopic (exact) mass is 272 g/mol. The van der Waals surface area contributed by atoms with Crippen LogP contribution in [-0.4, -0.2) is 15.8 Å². The summed E-state index contributed by atoms with van der Waals surface area (Å²) in [6.07, 6.45) is 9.81. The molecular weight excluding hydrogens is 248 g/mol. The second kappa shape index (κ2) is 4.94. The molecule has 108 valence electrons. The second-order valence-electron chi connectivity index (χ2n) is 7.00. The van der Waals surface area contributed by atoms with E-state index >= 15 is 0 Å². The average Bonchev–Trinajstić information content (AvgIpc) is 2.35. The van der Waals surface area contributed by atoms with Crippen LogP contribution in [0.1, 0.15) is 76.1 Å². The molecule has 1 aromatic rings. The fourth-order valence-electron chi connectivity index (χ4n) is 3.82. The van der Waals surface area contributed by atoms with Gasteiger partial charge in [0.2, 0.25) is 0 Å². The van der Waals surface area contributed by atoms with Crippen LogP contribution in [0.5, 0.6) is 0 Å². The van der Waals surface area contributed by atoms with Crippen LogP contribution in [0.3, 0.4) is 0 Å². The predicted octanol–water partition coefficient (Wildman–Crippen LogP) is 3.85. The lowest BCUT2D eigenvalue weighted by Crippen LogP contribution is -2.48. The molecule has 0 radical (unpaired) electrons. The van der Waals surface area contributed by atoms with Gasteiger partial charge in [-0.15, -0.1) is 0 Å². The number of carbonyl (C=O) groups excluding carboxylic acids is 1. The van der Waals surface area contributed by atoms with Crippen LogP contribution in [0.15, 0.2) is 12.4 Å². The smallest absolute Gasteiger partial charge is 0.132 e. The molecule has 2 fully saturated rings. The van der Waals surface area contributed by atoms with E-state index in [1.165, 1.54) is 18.4 Å². The van der Waals surface area contributed by atoms with E-state index < -0.39 is 0 Å². The van der Waals surface area contributed by atoms with Crippen molar-refractivity contribution in [1.82, 2.24) is 9.97 Å². The topological polar surface area (TPSA) is 42.9 Å². The molecule has 3 nitrogen and oxygen atoms in total. The number of Topliss-reactive ketones (excluding diaryl/α,β-unsaturated/α-hetero) is 1. The summed E-state index contributed by atoms with van der Waals surface area (Å²) < 4.78 is 0. The molecule has 2 aliphatic rings. The van der Waals surface area contributed by atoms with Gasteiger partial charge in [-0.1, -0.05) is 13.8 Å². The van der Waals surface area contributed by atoms with Crippen LogP contribution in [0.2, 0.25) is 0 Å². The second-order valence-corrected chi connectivity index (χ2v) is 7.00. The first-order valence-electron chi connectivity index (χ1n) is 7.85. The van der Waals surface area contributed by atoms with Crippen LogP contribution < -0.4 is 0 Å². The summed E-state index contributed by atoms with van der Waals surface area (Å²) in [7, 11) is 0. The highest BCUT2D eigenvalue weighted by atomic mass is 16.1. The third-order valence-electron chi connectivity index (χ3n) is 5.51. The lowest BCUT2D eigenvalue weighted by molar-refractivity contribution is -0.133. The Bertz CT molecular complexity index is 494. The molecule has 3 heteroatoms. The van der Waals surface area contributed by atoms with Gasteiger partial charge < -0.3 is 0 Å². The van der Waals surface area contributed by atoms with E-state index in [9.17, 15) is 4.79 Å². The molecule has 0 aliphatic heterocycles. The van der Waals surface area contributed by atoms with E-state index in [0.717, 1.165) is 25.1 Å². The average molecular weight is 272 g/mol. The molecular formula is C17H24N2O. The van der Waals surface area contributed by atoms with Gasteiger partial charge >= 0.3 is 0 Å². The summed E-state index contributed by atoms with van der Waals surface area (Å²) in [6, 6.07) is 0. The highest BCUT2D eigenvalue weighted by Gasteiger charge is 2.54. The highest BCUT2D eigenvalue weighted by molar-refractivity contribution is 5.79. The zero-order valence-corrected chi connectivity index (χ0v) is 12.7. The molecule has 1 heterocycles. The fraction of sp³-hybridized carbons (Fsp3) is 0.706. The van der Waals surface area contributed by atoms with Crippen molar-refractivity contribution in [2.75, 3.05) is 0 Å².